The van der Waals surface area contributed by atoms with Crippen molar-refractivity contribution < 1.29 is 13.9 Å². The fourth-order valence-corrected chi connectivity index (χ4v) is 3.29. The third kappa shape index (κ3) is 2.88. The molecular weight excluding hydrogens is 327 g/mol. The zero-order chi connectivity index (χ0) is 16.5. The number of rotatable bonds is 3. The van der Waals surface area contributed by atoms with E-state index in [9.17, 15) is 9.18 Å². The first-order valence-corrected chi connectivity index (χ1v) is 8.35. The molecule has 6 heteroatoms. The van der Waals surface area contributed by atoms with Crippen LogP contribution in [0.3, 0.4) is 0 Å². The number of carbonyl (C=O) groups excluding carboxylic acids is 1. The van der Waals surface area contributed by atoms with Crippen molar-refractivity contribution in [2.45, 2.75) is 6.42 Å². The van der Waals surface area contributed by atoms with Crippen molar-refractivity contribution in [2.75, 3.05) is 11.9 Å². The highest BCUT2D eigenvalue weighted by Gasteiger charge is 2.15. The van der Waals surface area contributed by atoms with Crippen LogP contribution in [0.15, 0.2) is 47.8 Å². The number of thiazole rings is 1. The zero-order valence-corrected chi connectivity index (χ0v) is 13.4. The van der Waals surface area contributed by atoms with Crippen LogP contribution in [0.2, 0.25) is 0 Å². The summed E-state index contributed by atoms with van der Waals surface area (Å²) in [4.78, 5) is 16.6. The van der Waals surface area contributed by atoms with Gasteiger partial charge in [-0.15, -0.1) is 11.3 Å². The molecule has 2 heterocycles. The number of fused-ring (bicyclic) bond motifs is 1. The highest BCUT2D eigenvalue weighted by atomic mass is 32.1. The Labute approximate surface area is 141 Å². The van der Waals surface area contributed by atoms with Gasteiger partial charge in [-0.05, 0) is 48.0 Å². The molecule has 1 aliphatic rings. The lowest BCUT2D eigenvalue weighted by molar-refractivity contribution is 0.102. The van der Waals surface area contributed by atoms with Gasteiger partial charge in [0.2, 0.25) is 0 Å². The second-order valence-corrected chi connectivity index (χ2v) is 6.28. The summed E-state index contributed by atoms with van der Waals surface area (Å²) in [7, 11) is 0. The van der Waals surface area contributed by atoms with E-state index in [0.29, 0.717) is 10.7 Å². The van der Waals surface area contributed by atoms with Crippen LogP contribution in [-0.2, 0) is 6.42 Å². The van der Waals surface area contributed by atoms with E-state index in [1.807, 2.05) is 17.5 Å². The Morgan fingerprint density at radius 1 is 1.21 bits per heavy atom. The third-order valence-electron chi connectivity index (χ3n) is 3.82. The van der Waals surface area contributed by atoms with E-state index in [-0.39, 0.29) is 11.7 Å². The number of hydrogen-bond acceptors (Lipinski definition) is 4. The first-order chi connectivity index (χ1) is 11.7. The van der Waals surface area contributed by atoms with Crippen molar-refractivity contribution in [3.8, 4) is 17.0 Å². The number of nitrogens with one attached hydrogen (secondary N) is 1. The van der Waals surface area contributed by atoms with Gasteiger partial charge >= 0.3 is 0 Å². The van der Waals surface area contributed by atoms with Crippen molar-refractivity contribution >= 4 is 22.4 Å². The molecular formula is C18H13FN2O2S. The van der Waals surface area contributed by atoms with Crippen molar-refractivity contribution in [1.29, 1.82) is 0 Å². The highest BCUT2D eigenvalue weighted by molar-refractivity contribution is 7.14. The monoisotopic (exact) mass is 340 g/mol. The fraction of sp³-hybridized carbons (Fsp3) is 0.111. The van der Waals surface area contributed by atoms with Crippen LogP contribution in [-0.4, -0.2) is 17.5 Å². The average Bonchev–Trinajstić information content (AvgIpc) is 3.23. The van der Waals surface area contributed by atoms with E-state index in [0.717, 1.165) is 30.0 Å². The minimum atomic E-state index is -0.372. The maximum absolute atomic E-state index is 12.9. The van der Waals surface area contributed by atoms with E-state index >= 15 is 0 Å². The largest absolute Gasteiger partial charge is 0.493 e. The van der Waals surface area contributed by atoms with Crippen molar-refractivity contribution in [2.24, 2.45) is 0 Å². The van der Waals surface area contributed by atoms with Crippen LogP contribution in [0.4, 0.5) is 9.52 Å². The van der Waals surface area contributed by atoms with Gasteiger partial charge in [-0.2, -0.15) is 0 Å². The molecule has 3 aromatic rings. The number of nitrogens with zero attached hydrogens (tertiary/aromatic N) is 1. The number of aromatic nitrogens is 1. The molecule has 0 spiro atoms. The fourth-order valence-electron chi connectivity index (χ4n) is 2.58. The zero-order valence-electron chi connectivity index (χ0n) is 12.6. The van der Waals surface area contributed by atoms with Crippen molar-refractivity contribution in [3.63, 3.8) is 0 Å². The topological polar surface area (TPSA) is 51.2 Å². The molecule has 1 aromatic heterocycles. The number of benzene rings is 2. The molecule has 4 nitrogen and oxygen atoms in total. The van der Waals surface area contributed by atoms with Gasteiger partial charge in [-0.1, -0.05) is 0 Å². The number of carbonyl (C=O) groups is 1. The normalized spacial score (nSPS) is 12.5. The molecule has 0 saturated carbocycles. The maximum Gasteiger partial charge on any atom is 0.257 e. The summed E-state index contributed by atoms with van der Waals surface area (Å²) in [5.41, 5.74) is 3.38. The van der Waals surface area contributed by atoms with E-state index < -0.39 is 0 Å². The average molecular weight is 340 g/mol. The number of halogens is 1. The molecule has 0 atom stereocenters. The molecule has 1 aliphatic heterocycles. The molecule has 0 aliphatic carbocycles. The SMILES string of the molecule is O=C(Nc1nc(-c2ccc3c(c2)CCO3)cs1)c1ccc(F)cc1. The van der Waals surface area contributed by atoms with E-state index in [4.69, 9.17) is 4.74 Å². The Kier molecular flexibility index (Phi) is 3.74. The van der Waals surface area contributed by atoms with Crippen LogP contribution >= 0.6 is 11.3 Å². The summed E-state index contributed by atoms with van der Waals surface area (Å²) in [6.45, 7) is 0.717. The number of ether oxygens (including phenoxy) is 1. The lowest BCUT2D eigenvalue weighted by Gasteiger charge is -2.02. The first-order valence-electron chi connectivity index (χ1n) is 7.47. The Balaban J connectivity index is 1.52. The van der Waals surface area contributed by atoms with Gasteiger partial charge in [0.1, 0.15) is 11.6 Å². The molecule has 24 heavy (non-hydrogen) atoms. The summed E-state index contributed by atoms with van der Waals surface area (Å²) >= 11 is 1.36. The Morgan fingerprint density at radius 2 is 2.04 bits per heavy atom. The van der Waals surface area contributed by atoms with Gasteiger partial charge in [0.05, 0.1) is 12.3 Å². The van der Waals surface area contributed by atoms with E-state index in [2.05, 4.69) is 16.4 Å². The summed E-state index contributed by atoms with van der Waals surface area (Å²) < 4.78 is 18.4. The van der Waals surface area contributed by atoms with Gasteiger partial charge < -0.3 is 4.74 Å². The molecule has 0 radical (unpaired) electrons. The molecule has 2 aromatic carbocycles. The molecule has 0 fully saturated rings. The van der Waals surface area contributed by atoms with Gasteiger partial charge in [-0.3, -0.25) is 10.1 Å². The minimum Gasteiger partial charge on any atom is -0.493 e. The Morgan fingerprint density at radius 3 is 2.88 bits per heavy atom. The van der Waals surface area contributed by atoms with Crippen LogP contribution < -0.4 is 10.1 Å². The standard InChI is InChI=1S/C18H13FN2O2S/c19-14-4-1-11(2-5-14)17(22)21-18-20-15(10-24-18)12-3-6-16-13(9-12)7-8-23-16/h1-6,9-10H,7-8H2,(H,20,21,22). The molecule has 4 rings (SSSR count). The molecule has 0 saturated heterocycles. The van der Waals surface area contributed by atoms with Gasteiger partial charge in [-0.25, -0.2) is 9.37 Å². The quantitative estimate of drug-likeness (QED) is 0.780. The second kappa shape index (κ2) is 6.05. The summed E-state index contributed by atoms with van der Waals surface area (Å²) in [6, 6.07) is 11.4. The Hall–Kier alpha value is -2.73. The maximum atomic E-state index is 12.9. The van der Waals surface area contributed by atoms with Crippen molar-refractivity contribution in [3.05, 3.63) is 64.8 Å². The predicted octanol–water partition coefficient (Wildman–Crippen LogP) is 4.14. The highest BCUT2D eigenvalue weighted by Crippen LogP contribution is 2.32. The summed E-state index contributed by atoms with van der Waals surface area (Å²) in [6.07, 6.45) is 0.904. The van der Waals surface area contributed by atoms with Crippen LogP contribution in [0, 0.1) is 5.82 Å². The molecule has 0 bridgehead atoms. The summed E-state index contributed by atoms with van der Waals surface area (Å²) in [5, 5.41) is 5.15. The van der Waals surface area contributed by atoms with Gasteiger partial charge in [0.25, 0.3) is 5.91 Å². The minimum absolute atomic E-state index is 0.307. The van der Waals surface area contributed by atoms with Crippen LogP contribution in [0.1, 0.15) is 15.9 Å². The molecule has 120 valence electrons. The van der Waals surface area contributed by atoms with E-state index in [1.54, 1.807) is 0 Å². The third-order valence-corrected chi connectivity index (χ3v) is 4.57. The predicted molar refractivity (Wildman–Crippen MR) is 91.1 cm³/mol. The first kappa shape index (κ1) is 14.8. The van der Waals surface area contributed by atoms with Gasteiger partial charge in [0, 0.05) is 22.9 Å². The van der Waals surface area contributed by atoms with E-state index in [1.165, 1.54) is 41.2 Å². The molecule has 1 N–H and O–H groups in total. The molecule has 1 amide bonds. The number of hydrogen-bond donors (Lipinski definition) is 1. The second-order valence-electron chi connectivity index (χ2n) is 5.42. The van der Waals surface area contributed by atoms with Crippen molar-refractivity contribution in [1.82, 2.24) is 4.98 Å². The smallest absolute Gasteiger partial charge is 0.257 e. The summed E-state index contributed by atoms with van der Waals surface area (Å²) in [5.74, 6) is 0.251. The lowest BCUT2D eigenvalue weighted by Crippen LogP contribution is -2.11. The van der Waals surface area contributed by atoms with Gasteiger partial charge in [0.15, 0.2) is 5.13 Å². The van der Waals surface area contributed by atoms with Crippen LogP contribution in [0.5, 0.6) is 5.75 Å². The lowest BCUT2D eigenvalue weighted by atomic mass is 10.1. The molecule has 0 unspecified atom stereocenters. The number of amides is 1. The number of anilines is 1. The Bertz CT molecular complexity index is 906. The van der Waals surface area contributed by atoms with Crippen LogP contribution in [0.25, 0.3) is 11.3 Å².